The molecule has 0 N–H and O–H groups in total. The molecule has 0 spiro atoms. The Morgan fingerprint density at radius 1 is 1.07 bits per heavy atom. The summed E-state index contributed by atoms with van der Waals surface area (Å²) in [5, 5.41) is 0. The van der Waals surface area contributed by atoms with Crippen molar-refractivity contribution in [3.8, 4) is 0 Å². The first-order valence-corrected chi connectivity index (χ1v) is 6.23. The number of hydrogen-bond donors (Lipinski definition) is 0. The number of rotatable bonds is 1. The summed E-state index contributed by atoms with van der Waals surface area (Å²) >= 11 is 0. The van der Waals surface area contributed by atoms with Gasteiger partial charge in [-0.2, -0.15) is 0 Å². The fourth-order valence-corrected chi connectivity index (χ4v) is 2.51. The molecule has 0 aromatic heterocycles. The first-order valence-electron chi connectivity index (χ1n) is 6.23. The molecule has 1 aliphatic carbocycles. The van der Waals surface area contributed by atoms with Crippen molar-refractivity contribution in [3.63, 3.8) is 0 Å². The zero-order valence-corrected chi connectivity index (χ0v) is 9.93. The van der Waals surface area contributed by atoms with E-state index in [1.807, 2.05) is 0 Å². The molecule has 0 heterocycles. The third-order valence-corrected chi connectivity index (χ3v) is 3.75. The van der Waals surface area contributed by atoms with Gasteiger partial charge in [-0.15, -0.1) is 0 Å². The lowest BCUT2D eigenvalue weighted by Gasteiger charge is -2.21. The van der Waals surface area contributed by atoms with Crippen LogP contribution in [-0.2, 0) is 0 Å². The highest BCUT2D eigenvalue weighted by molar-refractivity contribution is 4.72. The maximum absolute atomic E-state index is 13.6. The van der Waals surface area contributed by atoms with E-state index in [0.717, 1.165) is 25.2 Å². The van der Waals surface area contributed by atoms with Crippen LogP contribution in [0.4, 0.5) is 4.39 Å². The lowest BCUT2D eigenvalue weighted by molar-refractivity contribution is 0.214. The van der Waals surface area contributed by atoms with Gasteiger partial charge in [-0.1, -0.05) is 40.0 Å². The number of alkyl halides is 1. The molecule has 14 heavy (non-hydrogen) atoms. The van der Waals surface area contributed by atoms with Crippen molar-refractivity contribution in [1.29, 1.82) is 0 Å². The van der Waals surface area contributed by atoms with Crippen LogP contribution < -0.4 is 0 Å². The topological polar surface area (TPSA) is 0 Å². The highest BCUT2D eigenvalue weighted by Gasteiger charge is 2.21. The molecule has 0 bridgehead atoms. The normalized spacial score (nSPS) is 36.2. The molecular formula is C13H25F. The monoisotopic (exact) mass is 200 g/mol. The smallest absolute Gasteiger partial charge is 0.100 e. The molecule has 1 heteroatoms. The van der Waals surface area contributed by atoms with E-state index in [9.17, 15) is 4.39 Å². The van der Waals surface area contributed by atoms with E-state index in [-0.39, 0.29) is 0 Å². The van der Waals surface area contributed by atoms with Gasteiger partial charge in [0.05, 0.1) is 0 Å². The van der Waals surface area contributed by atoms with Crippen molar-refractivity contribution in [3.05, 3.63) is 0 Å². The molecule has 3 atom stereocenters. The van der Waals surface area contributed by atoms with Crippen LogP contribution in [0.2, 0.25) is 0 Å². The Labute approximate surface area is 88.3 Å². The van der Waals surface area contributed by atoms with Gasteiger partial charge in [0.1, 0.15) is 6.17 Å². The van der Waals surface area contributed by atoms with Crippen LogP contribution in [0.5, 0.6) is 0 Å². The van der Waals surface area contributed by atoms with Gasteiger partial charge in [0.25, 0.3) is 0 Å². The molecule has 0 aromatic rings. The first kappa shape index (κ1) is 12.0. The first-order chi connectivity index (χ1) is 6.59. The van der Waals surface area contributed by atoms with Gasteiger partial charge >= 0.3 is 0 Å². The molecule has 1 rings (SSSR count). The van der Waals surface area contributed by atoms with E-state index < -0.39 is 6.17 Å². The third-order valence-electron chi connectivity index (χ3n) is 3.75. The summed E-state index contributed by atoms with van der Waals surface area (Å²) in [7, 11) is 0. The summed E-state index contributed by atoms with van der Waals surface area (Å²) in [5.74, 6) is 2.01. The van der Waals surface area contributed by atoms with E-state index in [4.69, 9.17) is 0 Å². The Hall–Kier alpha value is -0.0700. The molecule has 0 saturated heterocycles. The third kappa shape index (κ3) is 3.98. The molecule has 0 aliphatic heterocycles. The van der Waals surface area contributed by atoms with Crippen molar-refractivity contribution in [2.45, 2.75) is 65.5 Å². The summed E-state index contributed by atoms with van der Waals surface area (Å²) in [5.41, 5.74) is 0. The zero-order chi connectivity index (χ0) is 10.6. The predicted molar refractivity (Wildman–Crippen MR) is 60.1 cm³/mol. The van der Waals surface area contributed by atoms with Crippen molar-refractivity contribution < 1.29 is 4.39 Å². The van der Waals surface area contributed by atoms with E-state index in [1.54, 1.807) is 0 Å². The lowest BCUT2D eigenvalue weighted by Crippen LogP contribution is -2.14. The van der Waals surface area contributed by atoms with E-state index in [1.165, 1.54) is 19.3 Å². The van der Waals surface area contributed by atoms with E-state index in [2.05, 4.69) is 20.8 Å². The minimum atomic E-state index is -0.539. The molecule has 1 saturated carbocycles. The van der Waals surface area contributed by atoms with Gasteiger partial charge in [0.2, 0.25) is 0 Å². The summed E-state index contributed by atoms with van der Waals surface area (Å²) in [6.07, 6.45) is 6.00. The fraction of sp³-hybridized carbons (Fsp3) is 1.00. The maximum Gasteiger partial charge on any atom is 0.100 e. The Kier molecular flexibility index (Phi) is 4.91. The highest BCUT2D eigenvalue weighted by Crippen LogP contribution is 2.30. The van der Waals surface area contributed by atoms with Gasteiger partial charge in [-0.25, -0.2) is 4.39 Å². The maximum atomic E-state index is 13.6. The average molecular weight is 200 g/mol. The molecule has 0 radical (unpaired) electrons. The molecular weight excluding hydrogens is 175 g/mol. The summed E-state index contributed by atoms with van der Waals surface area (Å²) in [6, 6.07) is 0. The van der Waals surface area contributed by atoms with Gasteiger partial charge in [0.15, 0.2) is 0 Å². The fourth-order valence-electron chi connectivity index (χ4n) is 2.51. The van der Waals surface area contributed by atoms with Crippen LogP contribution in [-0.4, -0.2) is 6.17 Å². The molecule has 84 valence electrons. The van der Waals surface area contributed by atoms with E-state index >= 15 is 0 Å². The Morgan fingerprint density at radius 3 is 2.43 bits per heavy atom. The van der Waals surface area contributed by atoms with Crippen molar-refractivity contribution >= 4 is 0 Å². The summed E-state index contributed by atoms with van der Waals surface area (Å²) in [6.45, 7) is 6.74. The zero-order valence-electron chi connectivity index (χ0n) is 9.93. The van der Waals surface area contributed by atoms with Gasteiger partial charge in [0, 0.05) is 0 Å². The second-order valence-electron chi connectivity index (χ2n) is 5.45. The second kappa shape index (κ2) is 5.72. The van der Waals surface area contributed by atoms with Crippen LogP contribution in [0.25, 0.3) is 0 Å². The minimum absolute atomic E-state index is 0.539. The molecule has 2 unspecified atom stereocenters. The van der Waals surface area contributed by atoms with Crippen LogP contribution in [0.1, 0.15) is 59.3 Å². The molecule has 0 nitrogen and oxygen atoms in total. The lowest BCUT2D eigenvalue weighted by atomic mass is 9.86. The molecule has 1 fully saturated rings. The van der Waals surface area contributed by atoms with Crippen LogP contribution in [0.3, 0.4) is 0 Å². The van der Waals surface area contributed by atoms with Gasteiger partial charge in [-0.05, 0) is 37.0 Å². The van der Waals surface area contributed by atoms with Crippen molar-refractivity contribution in [2.75, 3.05) is 0 Å². The van der Waals surface area contributed by atoms with Crippen LogP contribution in [0.15, 0.2) is 0 Å². The van der Waals surface area contributed by atoms with Gasteiger partial charge in [-0.3, -0.25) is 0 Å². The van der Waals surface area contributed by atoms with E-state index in [0.29, 0.717) is 11.8 Å². The molecule has 1 aliphatic rings. The Morgan fingerprint density at radius 2 is 1.79 bits per heavy atom. The van der Waals surface area contributed by atoms with Gasteiger partial charge < -0.3 is 0 Å². The molecule has 0 aromatic carbocycles. The largest absolute Gasteiger partial charge is 0.247 e. The molecule has 0 amide bonds. The standard InChI is InChI=1S/C13H25F/c1-10(2)12-6-4-5-11(3)7-8-13(14)9-12/h10-13H,4-9H2,1-3H3/t11?,12?,13-/m0/s1. The highest BCUT2D eigenvalue weighted by atomic mass is 19.1. The number of hydrogen-bond acceptors (Lipinski definition) is 0. The quantitative estimate of drug-likeness (QED) is 0.581. The summed E-state index contributed by atoms with van der Waals surface area (Å²) in [4.78, 5) is 0. The van der Waals surface area contributed by atoms with Crippen molar-refractivity contribution in [2.24, 2.45) is 17.8 Å². The number of halogens is 1. The summed E-state index contributed by atoms with van der Waals surface area (Å²) < 4.78 is 13.6. The average Bonchev–Trinajstić information content (AvgIpc) is 2.19. The minimum Gasteiger partial charge on any atom is -0.247 e. The second-order valence-corrected chi connectivity index (χ2v) is 5.45. The predicted octanol–water partition coefficient (Wildman–Crippen LogP) is 4.59. The van der Waals surface area contributed by atoms with Crippen LogP contribution in [0, 0.1) is 17.8 Å². The van der Waals surface area contributed by atoms with Crippen LogP contribution >= 0.6 is 0 Å². The Balaban J connectivity index is 2.47. The van der Waals surface area contributed by atoms with Crippen molar-refractivity contribution in [1.82, 2.24) is 0 Å². The Bertz CT molecular complexity index is 153. The SMILES string of the molecule is CC1CCCC(C(C)C)C[C@@H](F)CC1.